The molecule has 1 saturated heterocycles. The fraction of sp³-hybridized carbons (Fsp3) is 0.556. The second kappa shape index (κ2) is 9.82. The Balaban J connectivity index is 1.49. The van der Waals surface area contributed by atoms with E-state index < -0.39 is 10.0 Å². The minimum Gasteiger partial charge on any atom is -0.356 e. The number of hydrogen-bond acceptors (Lipinski definition) is 6. The number of aliphatic imine (C=N–C) groups is 1. The molecule has 7 nitrogen and oxygen atoms in total. The Labute approximate surface area is 175 Å². The average molecular weight is 442 g/mol. The largest absolute Gasteiger partial charge is 0.356 e. The van der Waals surface area contributed by atoms with Gasteiger partial charge in [-0.15, -0.1) is 22.7 Å². The second-order valence-corrected chi connectivity index (χ2v) is 11.0. The first-order valence-corrected chi connectivity index (χ1v) is 12.6. The first-order chi connectivity index (χ1) is 13.5. The van der Waals surface area contributed by atoms with E-state index in [0.29, 0.717) is 29.8 Å². The Morgan fingerprint density at radius 1 is 1.25 bits per heavy atom. The molecule has 3 rings (SSSR count). The molecule has 10 heteroatoms. The van der Waals surface area contributed by atoms with E-state index in [-0.39, 0.29) is 0 Å². The van der Waals surface area contributed by atoms with Crippen molar-refractivity contribution < 1.29 is 8.42 Å². The topological polar surface area (TPSA) is 86.7 Å². The summed E-state index contributed by atoms with van der Waals surface area (Å²) < 4.78 is 27.5. The molecule has 28 heavy (non-hydrogen) atoms. The van der Waals surface area contributed by atoms with E-state index in [0.717, 1.165) is 47.8 Å². The fourth-order valence-electron chi connectivity index (χ4n) is 3.05. The predicted octanol–water partition coefficient (Wildman–Crippen LogP) is 2.60. The highest BCUT2D eigenvalue weighted by atomic mass is 32.2. The summed E-state index contributed by atoms with van der Waals surface area (Å²) in [6, 6.07) is 3.59. The number of aryl methyl sites for hydroxylation is 1. The number of guanidine groups is 1. The number of thiophene rings is 1. The number of aromatic nitrogens is 1. The highest BCUT2D eigenvalue weighted by Gasteiger charge is 2.27. The number of hydrogen-bond donors (Lipinski definition) is 2. The molecule has 2 aromatic rings. The molecule has 2 aromatic heterocycles. The van der Waals surface area contributed by atoms with Gasteiger partial charge in [-0.05, 0) is 31.9 Å². The molecule has 1 aliphatic heterocycles. The van der Waals surface area contributed by atoms with Crippen LogP contribution in [0.4, 0.5) is 0 Å². The van der Waals surface area contributed by atoms with Crippen molar-refractivity contribution in [3.8, 4) is 0 Å². The molecule has 1 fully saturated rings. The molecule has 0 bridgehead atoms. The highest BCUT2D eigenvalue weighted by molar-refractivity contribution is 7.91. The van der Waals surface area contributed by atoms with Gasteiger partial charge in [-0.25, -0.2) is 13.4 Å². The van der Waals surface area contributed by atoms with Crippen molar-refractivity contribution in [2.24, 2.45) is 4.99 Å². The van der Waals surface area contributed by atoms with Crippen LogP contribution in [0.3, 0.4) is 0 Å². The van der Waals surface area contributed by atoms with E-state index in [1.165, 1.54) is 11.3 Å². The van der Waals surface area contributed by atoms with Crippen molar-refractivity contribution in [2.75, 3.05) is 26.7 Å². The minimum atomic E-state index is -3.36. The molecular weight excluding hydrogens is 414 g/mol. The third-order valence-corrected chi connectivity index (χ3v) is 8.81. The lowest BCUT2D eigenvalue weighted by Crippen LogP contribution is -2.37. The Bertz CT molecular complexity index is 898. The van der Waals surface area contributed by atoms with Gasteiger partial charge in [-0.1, -0.05) is 6.42 Å². The van der Waals surface area contributed by atoms with Gasteiger partial charge in [0, 0.05) is 43.4 Å². The molecule has 1 aliphatic rings. The van der Waals surface area contributed by atoms with Crippen molar-refractivity contribution in [1.82, 2.24) is 19.9 Å². The first-order valence-electron chi connectivity index (χ1n) is 9.43. The third-order valence-electron chi connectivity index (χ3n) is 4.54. The van der Waals surface area contributed by atoms with Crippen molar-refractivity contribution >= 4 is 38.7 Å². The molecule has 2 N–H and O–H groups in total. The molecule has 0 radical (unpaired) electrons. The summed E-state index contributed by atoms with van der Waals surface area (Å²) in [4.78, 5) is 9.64. The molecule has 0 aromatic carbocycles. The predicted molar refractivity (Wildman–Crippen MR) is 116 cm³/mol. The van der Waals surface area contributed by atoms with Gasteiger partial charge in [0.15, 0.2) is 5.96 Å². The molecule has 0 spiro atoms. The SMILES string of the molecule is CN=C(NCCc1csc(C)n1)NCc1ccc(S(=O)(=O)N2CCCCC2)s1. The van der Waals surface area contributed by atoms with Crippen LogP contribution in [0, 0.1) is 6.92 Å². The molecule has 0 atom stereocenters. The molecule has 0 amide bonds. The summed E-state index contributed by atoms with van der Waals surface area (Å²) in [5.74, 6) is 0.695. The Kier molecular flexibility index (Phi) is 7.44. The Morgan fingerprint density at radius 2 is 2.04 bits per heavy atom. The maximum absolute atomic E-state index is 12.7. The second-order valence-electron chi connectivity index (χ2n) is 6.65. The van der Waals surface area contributed by atoms with Gasteiger partial charge in [-0.3, -0.25) is 4.99 Å². The summed E-state index contributed by atoms with van der Waals surface area (Å²) in [5, 5.41) is 9.66. The van der Waals surface area contributed by atoms with Crippen LogP contribution in [0.15, 0.2) is 26.7 Å². The maximum Gasteiger partial charge on any atom is 0.252 e. The van der Waals surface area contributed by atoms with Crippen molar-refractivity contribution in [2.45, 2.75) is 43.4 Å². The number of rotatable bonds is 7. The van der Waals surface area contributed by atoms with E-state index in [2.05, 4.69) is 26.0 Å². The van der Waals surface area contributed by atoms with Crippen LogP contribution < -0.4 is 10.6 Å². The van der Waals surface area contributed by atoms with Crippen molar-refractivity contribution in [3.63, 3.8) is 0 Å². The van der Waals surface area contributed by atoms with Gasteiger partial charge in [0.25, 0.3) is 10.0 Å². The van der Waals surface area contributed by atoms with Crippen molar-refractivity contribution in [3.05, 3.63) is 33.1 Å². The zero-order valence-corrected chi connectivity index (χ0v) is 18.7. The van der Waals surface area contributed by atoms with E-state index >= 15 is 0 Å². The van der Waals surface area contributed by atoms with Gasteiger partial charge in [0.2, 0.25) is 0 Å². The van der Waals surface area contributed by atoms with Gasteiger partial charge >= 0.3 is 0 Å². The molecule has 3 heterocycles. The first kappa shape index (κ1) is 21.2. The lowest BCUT2D eigenvalue weighted by Gasteiger charge is -2.25. The number of nitrogens with zero attached hydrogens (tertiary/aromatic N) is 3. The minimum absolute atomic E-state index is 0.424. The van der Waals surface area contributed by atoms with Gasteiger partial charge in [-0.2, -0.15) is 4.31 Å². The molecule has 154 valence electrons. The van der Waals surface area contributed by atoms with Crippen LogP contribution >= 0.6 is 22.7 Å². The number of sulfonamides is 1. The van der Waals surface area contributed by atoms with Crippen LogP contribution in [-0.4, -0.2) is 50.3 Å². The smallest absolute Gasteiger partial charge is 0.252 e. The Morgan fingerprint density at radius 3 is 2.71 bits per heavy atom. The molecule has 0 aliphatic carbocycles. The number of thiazole rings is 1. The standard InChI is InChI=1S/C18H27N5O2S3/c1-14-22-15(13-26-14)8-9-20-18(19-2)21-12-16-6-7-17(27-16)28(24,25)23-10-4-3-5-11-23/h6-7,13H,3-5,8-12H2,1-2H3,(H2,19,20,21). The van der Waals surface area contributed by atoms with Crippen LogP contribution in [0.2, 0.25) is 0 Å². The normalized spacial score (nSPS) is 16.3. The van der Waals surface area contributed by atoms with Crippen LogP contribution in [0.25, 0.3) is 0 Å². The summed E-state index contributed by atoms with van der Waals surface area (Å²) in [7, 11) is -1.63. The summed E-state index contributed by atoms with van der Waals surface area (Å²) in [5.41, 5.74) is 1.08. The van der Waals surface area contributed by atoms with Crippen LogP contribution in [-0.2, 0) is 23.0 Å². The van der Waals surface area contributed by atoms with E-state index in [1.54, 1.807) is 28.8 Å². The lowest BCUT2D eigenvalue weighted by atomic mass is 10.2. The maximum atomic E-state index is 12.7. The summed E-state index contributed by atoms with van der Waals surface area (Å²) in [6.45, 7) is 4.53. The number of piperidine rings is 1. The van der Waals surface area contributed by atoms with Crippen molar-refractivity contribution in [1.29, 1.82) is 0 Å². The van der Waals surface area contributed by atoms with E-state index in [9.17, 15) is 8.42 Å². The quantitative estimate of drug-likeness (QED) is 0.509. The third kappa shape index (κ3) is 5.53. The van der Waals surface area contributed by atoms with Gasteiger partial charge in [0.1, 0.15) is 4.21 Å². The van der Waals surface area contributed by atoms with Gasteiger partial charge in [0.05, 0.1) is 17.2 Å². The number of nitrogens with one attached hydrogen (secondary N) is 2. The molecular formula is C18H27N5O2S3. The van der Waals surface area contributed by atoms with Crippen LogP contribution in [0.1, 0.15) is 34.8 Å². The summed E-state index contributed by atoms with van der Waals surface area (Å²) in [6.07, 6.45) is 3.84. The van der Waals surface area contributed by atoms with E-state index in [1.807, 2.05) is 13.0 Å². The molecule has 0 saturated carbocycles. The van der Waals surface area contributed by atoms with E-state index in [4.69, 9.17) is 0 Å². The zero-order valence-electron chi connectivity index (χ0n) is 16.3. The highest BCUT2D eigenvalue weighted by Crippen LogP contribution is 2.27. The average Bonchev–Trinajstić information content (AvgIpc) is 3.34. The fourth-order valence-corrected chi connectivity index (χ4v) is 6.66. The van der Waals surface area contributed by atoms with Gasteiger partial charge < -0.3 is 10.6 Å². The zero-order chi connectivity index (χ0) is 20.0. The summed E-state index contributed by atoms with van der Waals surface area (Å²) >= 11 is 2.98. The molecule has 0 unspecified atom stereocenters. The van der Waals surface area contributed by atoms with Crippen LogP contribution in [0.5, 0.6) is 0 Å². The lowest BCUT2D eigenvalue weighted by molar-refractivity contribution is 0.347. The monoisotopic (exact) mass is 441 g/mol. The Hall–Kier alpha value is -1.49.